The standard InChI is InChI=1S/C25H30N4O2/c1-18(21-11-8-12-22(15-21)31-17-20-9-4-3-5-10-20)27-25(30)26-16-23-24-13-6-7-14-29(24)19(2)28-23/h3-5,8-12,15,18H,6-7,13-14,16-17H2,1-2H3,(H2,26,27,30)/t18-/m1/s1. The van der Waals surface area contributed by atoms with E-state index in [9.17, 15) is 4.79 Å². The van der Waals surface area contributed by atoms with Crippen molar-refractivity contribution in [3.8, 4) is 5.75 Å². The van der Waals surface area contributed by atoms with E-state index >= 15 is 0 Å². The topological polar surface area (TPSA) is 68.2 Å². The number of imidazole rings is 1. The number of fused-ring (bicyclic) bond motifs is 1. The van der Waals surface area contributed by atoms with E-state index in [1.165, 1.54) is 18.5 Å². The van der Waals surface area contributed by atoms with Gasteiger partial charge in [0, 0.05) is 12.2 Å². The first kappa shape index (κ1) is 21.0. The van der Waals surface area contributed by atoms with Crippen molar-refractivity contribution in [1.82, 2.24) is 20.2 Å². The maximum atomic E-state index is 12.5. The van der Waals surface area contributed by atoms with E-state index in [0.29, 0.717) is 13.2 Å². The molecule has 1 aliphatic rings. The van der Waals surface area contributed by atoms with Gasteiger partial charge < -0.3 is 19.9 Å². The number of amides is 2. The first-order chi connectivity index (χ1) is 15.1. The third kappa shape index (κ3) is 5.26. The lowest BCUT2D eigenvalue weighted by Crippen LogP contribution is -2.37. The van der Waals surface area contributed by atoms with Crippen LogP contribution in [-0.4, -0.2) is 15.6 Å². The number of carbonyl (C=O) groups is 1. The summed E-state index contributed by atoms with van der Waals surface area (Å²) in [5.41, 5.74) is 4.36. The van der Waals surface area contributed by atoms with Crippen LogP contribution in [0.2, 0.25) is 0 Å². The Morgan fingerprint density at radius 1 is 1.16 bits per heavy atom. The first-order valence-electron chi connectivity index (χ1n) is 11.0. The molecular weight excluding hydrogens is 388 g/mol. The van der Waals surface area contributed by atoms with E-state index in [-0.39, 0.29) is 12.1 Å². The highest BCUT2D eigenvalue weighted by atomic mass is 16.5. The van der Waals surface area contributed by atoms with E-state index in [2.05, 4.69) is 20.2 Å². The van der Waals surface area contributed by atoms with Crippen molar-refractivity contribution in [2.75, 3.05) is 0 Å². The molecule has 0 fully saturated rings. The zero-order chi connectivity index (χ0) is 21.6. The molecule has 2 N–H and O–H groups in total. The largest absolute Gasteiger partial charge is 0.489 e. The van der Waals surface area contributed by atoms with E-state index in [4.69, 9.17) is 4.74 Å². The van der Waals surface area contributed by atoms with Crippen LogP contribution < -0.4 is 15.4 Å². The number of benzene rings is 2. The quantitative estimate of drug-likeness (QED) is 0.586. The van der Waals surface area contributed by atoms with E-state index in [0.717, 1.165) is 41.4 Å². The van der Waals surface area contributed by atoms with Crippen LogP contribution in [0.3, 0.4) is 0 Å². The Bertz CT molecular complexity index is 1030. The summed E-state index contributed by atoms with van der Waals surface area (Å²) >= 11 is 0. The Labute approximate surface area is 183 Å². The molecule has 2 heterocycles. The zero-order valence-electron chi connectivity index (χ0n) is 18.2. The fourth-order valence-corrected chi connectivity index (χ4v) is 4.06. The van der Waals surface area contributed by atoms with Gasteiger partial charge in [-0.05, 0) is 56.4 Å². The Morgan fingerprint density at radius 2 is 2.00 bits per heavy atom. The number of rotatable bonds is 7. The lowest BCUT2D eigenvalue weighted by atomic mass is 10.1. The molecule has 0 spiro atoms. The monoisotopic (exact) mass is 418 g/mol. The van der Waals surface area contributed by atoms with Gasteiger partial charge in [-0.15, -0.1) is 0 Å². The molecule has 6 heteroatoms. The lowest BCUT2D eigenvalue weighted by molar-refractivity contribution is 0.237. The zero-order valence-corrected chi connectivity index (χ0v) is 18.2. The summed E-state index contributed by atoms with van der Waals surface area (Å²) in [5, 5.41) is 5.98. The average Bonchev–Trinajstić information content (AvgIpc) is 3.13. The summed E-state index contributed by atoms with van der Waals surface area (Å²) in [6.45, 7) is 5.99. The van der Waals surface area contributed by atoms with Gasteiger partial charge in [0.1, 0.15) is 18.2 Å². The van der Waals surface area contributed by atoms with Gasteiger partial charge in [0.25, 0.3) is 0 Å². The summed E-state index contributed by atoms with van der Waals surface area (Å²) in [4.78, 5) is 17.1. The summed E-state index contributed by atoms with van der Waals surface area (Å²) in [7, 11) is 0. The average molecular weight is 419 g/mol. The SMILES string of the molecule is Cc1nc(CNC(=O)N[C@H](C)c2cccc(OCc3ccccc3)c2)c2n1CCCC2. The molecule has 2 amide bonds. The van der Waals surface area contributed by atoms with Crippen LogP contribution in [-0.2, 0) is 26.1 Å². The summed E-state index contributed by atoms with van der Waals surface area (Å²) in [6, 6.07) is 17.6. The highest BCUT2D eigenvalue weighted by molar-refractivity contribution is 5.74. The molecule has 2 aromatic carbocycles. The minimum Gasteiger partial charge on any atom is -0.489 e. The van der Waals surface area contributed by atoms with E-state index in [1.807, 2.05) is 68.4 Å². The van der Waals surface area contributed by atoms with Crippen LogP contribution in [0.4, 0.5) is 4.79 Å². The van der Waals surface area contributed by atoms with Gasteiger partial charge in [0.2, 0.25) is 0 Å². The van der Waals surface area contributed by atoms with Gasteiger partial charge in [-0.1, -0.05) is 42.5 Å². The predicted molar refractivity (Wildman–Crippen MR) is 121 cm³/mol. The van der Waals surface area contributed by atoms with Crippen LogP contribution in [0.15, 0.2) is 54.6 Å². The number of hydrogen-bond donors (Lipinski definition) is 2. The van der Waals surface area contributed by atoms with Crippen LogP contribution in [0.5, 0.6) is 5.75 Å². The predicted octanol–water partition coefficient (Wildman–Crippen LogP) is 4.67. The maximum absolute atomic E-state index is 12.5. The summed E-state index contributed by atoms with van der Waals surface area (Å²) in [5.74, 6) is 1.82. The second-order valence-electron chi connectivity index (χ2n) is 8.06. The van der Waals surface area contributed by atoms with Gasteiger partial charge >= 0.3 is 6.03 Å². The molecular formula is C25H30N4O2. The number of urea groups is 1. The molecule has 31 heavy (non-hydrogen) atoms. The second-order valence-corrected chi connectivity index (χ2v) is 8.06. The molecule has 6 nitrogen and oxygen atoms in total. The molecule has 3 aromatic rings. The molecule has 1 aromatic heterocycles. The van der Waals surface area contributed by atoms with Crippen LogP contribution in [0.1, 0.15) is 54.1 Å². The third-order valence-corrected chi connectivity index (χ3v) is 5.76. The number of aryl methyl sites for hydroxylation is 1. The van der Waals surface area contributed by atoms with Crippen molar-refractivity contribution >= 4 is 6.03 Å². The minimum absolute atomic E-state index is 0.141. The summed E-state index contributed by atoms with van der Waals surface area (Å²) < 4.78 is 8.19. The second kappa shape index (κ2) is 9.69. The molecule has 4 rings (SSSR count). The number of aromatic nitrogens is 2. The molecule has 0 bridgehead atoms. The molecule has 162 valence electrons. The van der Waals surface area contributed by atoms with Crippen molar-refractivity contribution in [2.24, 2.45) is 0 Å². The van der Waals surface area contributed by atoms with Crippen molar-refractivity contribution < 1.29 is 9.53 Å². The van der Waals surface area contributed by atoms with E-state index < -0.39 is 0 Å². The molecule has 1 aliphatic heterocycles. The van der Waals surface area contributed by atoms with Gasteiger partial charge in [-0.25, -0.2) is 9.78 Å². The Kier molecular flexibility index (Phi) is 6.55. The fourth-order valence-electron chi connectivity index (χ4n) is 4.06. The molecule has 0 unspecified atom stereocenters. The molecule has 0 saturated carbocycles. The van der Waals surface area contributed by atoms with Crippen molar-refractivity contribution in [1.29, 1.82) is 0 Å². The van der Waals surface area contributed by atoms with Crippen LogP contribution in [0.25, 0.3) is 0 Å². The number of nitrogens with one attached hydrogen (secondary N) is 2. The number of nitrogens with zero attached hydrogens (tertiary/aromatic N) is 2. The van der Waals surface area contributed by atoms with Crippen molar-refractivity contribution in [3.63, 3.8) is 0 Å². The third-order valence-electron chi connectivity index (χ3n) is 5.76. The van der Waals surface area contributed by atoms with Crippen molar-refractivity contribution in [3.05, 3.63) is 82.9 Å². The number of ether oxygens (including phenoxy) is 1. The highest BCUT2D eigenvalue weighted by Gasteiger charge is 2.18. The Hall–Kier alpha value is -3.28. The van der Waals surface area contributed by atoms with Crippen LogP contribution in [0, 0.1) is 6.92 Å². The molecule has 0 saturated heterocycles. The minimum atomic E-state index is -0.196. The molecule has 1 atom stereocenters. The Morgan fingerprint density at radius 3 is 2.84 bits per heavy atom. The normalized spacial score (nSPS) is 13.9. The van der Waals surface area contributed by atoms with Crippen LogP contribution >= 0.6 is 0 Å². The smallest absolute Gasteiger partial charge is 0.315 e. The van der Waals surface area contributed by atoms with Crippen molar-refractivity contribution in [2.45, 2.75) is 58.8 Å². The lowest BCUT2D eigenvalue weighted by Gasteiger charge is -2.18. The molecule has 0 radical (unpaired) electrons. The fraction of sp³-hybridized carbons (Fsp3) is 0.360. The van der Waals surface area contributed by atoms with Gasteiger partial charge in [0.05, 0.1) is 18.3 Å². The number of carbonyl (C=O) groups excluding carboxylic acids is 1. The van der Waals surface area contributed by atoms with Gasteiger partial charge in [-0.2, -0.15) is 0 Å². The van der Waals surface area contributed by atoms with Gasteiger partial charge in [-0.3, -0.25) is 0 Å². The van der Waals surface area contributed by atoms with E-state index in [1.54, 1.807) is 0 Å². The van der Waals surface area contributed by atoms with Gasteiger partial charge in [0.15, 0.2) is 0 Å². The summed E-state index contributed by atoms with van der Waals surface area (Å²) in [6.07, 6.45) is 3.42. The molecule has 0 aliphatic carbocycles. The number of hydrogen-bond acceptors (Lipinski definition) is 3. The first-order valence-corrected chi connectivity index (χ1v) is 11.0. The Balaban J connectivity index is 1.31. The maximum Gasteiger partial charge on any atom is 0.315 e. The highest BCUT2D eigenvalue weighted by Crippen LogP contribution is 2.21.